The van der Waals surface area contributed by atoms with Crippen LogP contribution in [0.15, 0.2) is 48.5 Å². The maximum Gasteiger partial charge on any atom is 0.413 e. The molecule has 4 N–H and O–H groups in total. The minimum Gasteiger partial charge on any atom is -0.453 e. The number of anilines is 2. The second-order valence-electron chi connectivity index (χ2n) is 5.44. The zero-order valence-electron chi connectivity index (χ0n) is 15.6. The lowest BCUT2D eigenvalue weighted by molar-refractivity contribution is 0.186. The van der Waals surface area contributed by atoms with Crippen LogP contribution in [0.4, 0.5) is 21.5 Å². The van der Waals surface area contributed by atoms with E-state index < -0.39 is 12.2 Å². The van der Waals surface area contributed by atoms with Gasteiger partial charge in [0.25, 0.3) is 0 Å². The predicted octanol–water partition coefficient (Wildman–Crippen LogP) is 3.90. The SMILES string of the molecule is COC(=O)Nc1nc2ccccc2[nH]1.COC(=O)Nc1nc2ccccc2[nH]1.Cl. The molecule has 4 aromatic rings. The van der Waals surface area contributed by atoms with Gasteiger partial charge < -0.3 is 19.4 Å². The summed E-state index contributed by atoms with van der Waals surface area (Å²) in [4.78, 5) is 35.9. The first-order chi connectivity index (χ1) is 13.6. The van der Waals surface area contributed by atoms with E-state index in [0.717, 1.165) is 22.1 Å². The second-order valence-corrected chi connectivity index (χ2v) is 5.44. The van der Waals surface area contributed by atoms with Crippen LogP contribution < -0.4 is 10.6 Å². The Kier molecular flexibility index (Phi) is 7.38. The molecule has 0 fully saturated rings. The van der Waals surface area contributed by atoms with Crippen LogP contribution in [0.1, 0.15) is 0 Å². The molecule has 11 heteroatoms. The Hall–Kier alpha value is -3.79. The van der Waals surface area contributed by atoms with Crippen LogP contribution in [0.5, 0.6) is 0 Å². The van der Waals surface area contributed by atoms with Crippen LogP contribution in [0.3, 0.4) is 0 Å². The number of carbonyl (C=O) groups excluding carboxylic acids is 2. The zero-order chi connectivity index (χ0) is 19.9. The number of fused-ring (bicyclic) bond motifs is 2. The highest BCUT2D eigenvalue weighted by Gasteiger charge is 2.06. The number of nitrogens with zero attached hydrogens (tertiary/aromatic N) is 2. The highest BCUT2D eigenvalue weighted by molar-refractivity contribution is 5.87. The van der Waals surface area contributed by atoms with Crippen LogP contribution >= 0.6 is 12.4 Å². The maximum absolute atomic E-state index is 10.9. The van der Waals surface area contributed by atoms with Crippen molar-refractivity contribution in [3.63, 3.8) is 0 Å². The van der Waals surface area contributed by atoms with Gasteiger partial charge in [0.1, 0.15) is 0 Å². The van der Waals surface area contributed by atoms with Crippen molar-refractivity contribution < 1.29 is 19.1 Å². The Bertz CT molecular complexity index is 956. The minimum absolute atomic E-state index is 0. The third kappa shape index (κ3) is 5.59. The summed E-state index contributed by atoms with van der Waals surface area (Å²) in [5.74, 6) is 0.774. The van der Waals surface area contributed by atoms with Crippen molar-refractivity contribution in [2.24, 2.45) is 0 Å². The molecule has 29 heavy (non-hydrogen) atoms. The molecule has 0 radical (unpaired) electrons. The fourth-order valence-electron chi connectivity index (χ4n) is 2.32. The summed E-state index contributed by atoms with van der Waals surface area (Å²) in [5.41, 5.74) is 3.36. The highest BCUT2D eigenvalue weighted by Crippen LogP contribution is 2.14. The largest absolute Gasteiger partial charge is 0.453 e. The van der Waals surface area contributed by atoms with E-state index in [1.54, 1.807) is 0 Å². The number of imidazole rings is 2. The number of benzene rings is 2. The molecule has 0 bridgehead atoms. The van der Waals surface area contributed by atoms with E-state index in [9.17, 15) is 9.59 Å². The average molecular weight is 419 g/mol. The van der Waals surface area contributed by atoms with Crippen molar-refractivity contribution in [3.8, 4) is 0 Å². The third-order valence-corrected chi connectivity index (χ3v) is 3.59. The second kappa shape index (κ2) is 9.95. The van der Waals surface area contributed by atoms with Crippen LogP contribution in [-0.4, -0.2) is 46.3 Å². The fourth-order valence-corrected chi connectivity index (χ4v) is 2.32. The number of ether oxygens (including phenoxy) is 2. The number of hydrogen-bond donors (Lipinski definition) is 4. The quantitative estimate of drug-likeness (QED) is 0.390. The molecular weight excluding hydrogens is 400 g/mol. The molecule has 0 aliphatic carbocycles. The van der Waals surface area contributed by atoms with Gasteiger partial charge in [0.2, 0.25) is 11.9 Å². The Morgan fingerprint density at radius 3 is 1.48 bits per heavy atom. The van der Waals surface area contributed by atoms with Gasteiger partial charge in [-0.15, -0.1) is 12.4 Å². The highest BCUT2D eigenvalue weighted by atomic mass is 35.5. The summed E-state index contributed by atoms with van der Waals surface area (Å²) in [6, 6.07) is 15.0. The average Bonchev–Trinajstić information content (AvgIpc) is 3.30. The molecule has 0 unspecified atom stereocenters. The van der Waals surface area contributed by atoms with Crippen molar-refractivity contribution in [1.29, 1.82) is 0 Å². The molecule has 152 valence electrons. The number of nitrogens with one attached hydrogen (secondary N) is 4. The van der Waals surface area contributed by atoms with Crippen LogP contribution in [0.2, 0.25) is 0 Å². The lowest BCUT2D eigenvalue weighted by Gasteiger charge is -1.96. The van der Waals surface area contributed by atoms with Crippen molar-refractivity contribution in [1.82, 2.24) is 19.9 Å². The molecule has 0 saturated carbocycles. The number of methoxy groups -OCH3 is 2. The van der Waals surface area contributed by atoms with Crippen molar-refractivity contribution in [2.75, 3.05) is 24.9 Å². The molecule has 10 nitrogen and oxygen atoms in total. The Morgan fingerprint density at radius 1 is 0.759 bits per heavy atom. The first-order valence-corrected chi connectivity index (χ1v) is 8.18. The molecule has 0 aliphatic rings. The topological polar surface area (TPSA) is 134 Å². The van der Waals surface area contributed by atoms with Gasteiger partial charge in [0, 0.05) is 0 Å². The number of hydrogen-bond acceptors (Lipinski definition) is 6. The standard InChI is InChI=1S/2C9H9N3O2.ClH/c2*1-14-9(13)12-8-10-6-4-2-3-5-7(6)11-8;/h2*2-5H,1H3,(H2,10,11,12,13);1H. The smallest absolute Gasteiger partial charge is 0.413 e. The summed E-state index contributed by atoms with van der Waals surface area (Å²) in [6.07, 6.45) is -1.08. The molecule has 0 saturated heterocycles. The summed E-state index contributed by atoms with van der Waals surface area (Å²) in [7, 11) is 2.61. The molecule has 0 aliphatic heterocycles. The lowest BCUT2D eigenvalue weighted by atomic mass is 10.3. The molecule has 2 aromatic carbocycles. The van der Waals surface area contributed by atoms with Crippen molar-refractivity contribution >= 4 is 58.6 Å². The Labute approximate surface area is 171 Å². The van der Waals surface area contributed by atoms with E-state index in [4.69, 9.17) is 0 Å². The molecule has 2 heterocycles. The van der Waals surface area contributed by atoms with Gasteiger partial charge in [-0.05, 0) is 24.3 Å². The summed E-state index contributed by atoms with van der Waals surface area (Å²) in [6.45, 7) is 0. The van der Waals surface area contributed by atoms with E-state index >= 15 is 0 Å². The zero-order valence-corrected chi connectivity index (χ0v) is 16.4. The monoisotopic (exact) mass is 418 g/mol. The molecule has 0 atom stereocenters. The summed E-state index contributed by atoms with van der Waals surface area (Å²) >= 11 is 0. The number of rotatable bonds is 2. The van der Waals surface area contributed by atoms with Gasteiger partial charge in [-0.1, -0.05) is 24.3 Å². The molecule has 4 rings (SSSR count). The Balaban J connectivity index is 0.000000200. The number of aromatic amines is 2. The normalized spacial score (nSPS) is 9.72. The van der Waals surface area contributed by atoms with Gasteiger partial charge >= 0.3 is 12.2 Å². The molecular formula is C18H19ClN6O4. The van der Waals surface area contributed by atoms with Gasteiger partial charge in [0.05, 0.1) is 36.3 Å². The minimum atomic E-state index is -0.538. The molecule has 2 amide bonds. The van der Waals surface area contributed by atoms with Gasteiger partial charge in [0.15, 0.2) is 0 Å². The van der Waals surface area contributed by atoms with Gasteiger partial charge in [-0.25, -0.2) is 19.6 Å². The van der Waals surface area contributed by atoms with Crippen molar-refractivity contribution in [3.05, 3.63) is 48.5 Å². The number of para-hydroxylation sites is 4. The summed E-state index contributed by atoms with van der Waals surface area (Å²) in [5, 5.41) is 4.91. The number of aromatic nitrogens is 4. The number of carbonyl (C=O) groups is 2. The molecule has 0 spiro atoms. The van der Waals surface area contributed by atoms with Crippen LogP contribution in [0, 0.1) is 0 Å². The van der Waals surface area contributed by atoms with Crippen molar-refractivity contribution in [2.45, 2.75) is 0 Å². The fraction of sp³-hybridized carbons (Fsp3) is 0.111. The van der Waals surface area contributed by atoms with Crippen LogP contribution in [0.25, 0.3) is 22.1 Å². The van der Waals surface area contributed by atoms with E-state index in [0.29, 0.717) is 11.9 Å². The van der Waals surface area contributed by atoms with E-state index in [2.05, 4.69) is 40.0 Å². The first-order valence-electron chi connectivity index (χ1n) is 8.18. The lowest BCUT2D eigenvalue weighted by Crippen LogP contribution is -2.11. The van der Waals surface area contributed by atoms with E-state index in [1.807, 2.05) is 48.5 Å². The number of halogens is 1. The number of amides is 2. The molecule has 2 aromatic heterocycles. The Morgan fingerprint density at radius 2 is 1.14 bits per heavy atom. The van der Waals surface area contributed by atoms with E-state index in [1.165, 1.54) is 14.2 Å². The van der Waals surface area contributed by atoms with Crippen LogP contribution in [-0.2, 0) is 9.47 Å². The summed E-state index contributed by atoms with van der Waals surface area (Å²) < 4.78 is 8.88. The number of H-pyrrole nitrogens is 2. The van der Waals surface area contributed by atoms with Gasteiger partial charge in [-0.2, -0.15) is 0 Å². The maximum atomic E-state index is 10.9. The van der Waals surface area contributed by atoms with E-state index in [-0.39, 0.29) is 12.4 Å². The first kappa shape index (κ1) is 21.5. The third-order valence-electron chi connectivity index (χ3n) is 3.59. The predicted molar refractivity (Wildman–Crippen MR) is 111 cm³/mol. The van der Waals surface area contributed by atoms with Gasteiger partial charge in [-0.3, -0.25) is 10.6 Å².